The second-order valence-corrected chi connectivity index (χ2v) is 4.57. The minimum absolute atomic E-state index is 0.0359. The molecule has 4 heteroatoms. The summed E-state index contributed by atoms with van der Waals surface area (Å²) >= 11 is 0. The Bertz CT molecular complexity index is 430. The van der Waals surface area contributed by atoms with Gasteiger partial charge in [0.05, 0.1) is 12.8 Å². The molecule has 1 aromatic rings. The van der Waals surface area contributed by atoms with Gasteiger partial charge in [0.25, 0.3) is 0 Å². The first-order chi connectivity index (χ1) is 9.77. The number of unbranched alkanes of at least 4 members (excludes halogenated alkanes) is 3. The first-order valence-electron chi connectivity index (χ1n) is 7.31. The van der Waals surface area contributed by atoms with E-state index in [9.17, 15) is 4.79 Å². The average molecular weight is 276 g/mol. The van der Waals surface area contributed by atoms with Crippen molar-refractivity contribution in [3.8, 4) is 5.75 Å². The molecular formula is C16H24N2O2. The van der Waals surface area contributed by atoms with Crippen LogP contribution in [-0.4, -0.2) is 18.7 Å². The van der Waals surface area contributed by atoms with Crippen molar-refractivity contribution in [2.45, 2.75) is 46.0 Å². The predicted octanol–water partition coefficient (Wildman–Crippen LogP) is 3.51. The van der Waals surface area contributed by atoms with Crippen molar-refractivity contribution < 1.29 is 9.53 Å². The maximum Gasteiger partial charge on any atom is 0.240 e. The fourth-order valence-electron chi connectivity index (χ4n) is 1.82. The number of hydrazone groups is 1. The number of carbonyl (C=O) groups is 1. The monoisotopic (exact) mass is 276 g/mol. The molecule has 1 rings (SSSR count). The minimum atomic E-state index is -0.0359. The molecule has 0 heterocycles. The highest BCUT2D eigenvalue weighted by Gasteiger charge is 2.00. The highest BCUT2D eigenvalue weighted by molar-refractivity contribution is 5.85. The van der Waals surface area contributed by atoms with Gasteiger partial charge in [0, 0.05) is 12.0 Å². The summed E-state index contributed by atoms with van der Waals surface area (Å²) in [6.07, 6.45) is 6.52. The summed E-state index contributed by atoms with van der Waals surface area (Å²) in [6.45, 7) is 4.70. The van der Waals surface area contributed by atoms with E-state index < -0.39 is 0 Å². The third-order valence-corrected chi connectivity index (χ3v) is 2.87. The Labute approximate surface area is 121 Å². The summed E-state index contributed by atoms with van der Waals surface area (Å²) in [5, 5.41) is 3.98. The molecule has 0 unspecified atom stereocenters. The van der Waals surface area contributed by atoms with Crippen LogP contribution in [0.4, 0.5) is 0 Å². The Morgan fingerprint density at radius 2 is 2.05 bits per heavy atom. The predicted molar refractivity (Wildman–Crippen MR) is 82.1 cm³/mol. The summed E-state index contributed by atoms with van der Waals surface area (Å²) < 4.78 is 5.48. The van der Waals surface area contributed by atoms with Crippen LogP contribution in [0.3, 0.4) is 0 Å². The third-order valence-electron chi connectivity index (χ3n) is 2.87. The number of carbonyl (C=O) groups excluding carboxylic acids is 1. The van der Waals surface area contributed by atoms with Crippen LogP contribution in [0, 0.1) is 0 Å². The van der Waals surface area contributed by atoms with Gasteiger partial charge >= 0.3 is 0 Å². The van der Waals surface area contributed by atoms with Gasteiger partial charge in [-0.2, -0.15) is 5.10 Å². The molecule has 0 atom stereocenters. The fraction of sp³-hybridized carbons (Fsp3) is 0.500. The summed E-state index contributed by atoms with van der Waals surface area (Å²) in [6, 6.07) is 7.62. The van der Waals surface area contributed by atoms with Gasteiger partial charge in [-0.25, -0.2) is 5.43 Å². The van der Waals surface area contributed by atoms with Crippen molar-refractivity contribution >= 4 is 12.1 Å². The maximum absolute atomic E-state index is 11.6. The van der Waals surface area contributed by atoms with Crippen LogP contribution >= 0.6 is 0 Å². The number of nitrogens with zero attached hydrogens (tertiary/aromatic N) is 1. The van der Waals surface area contributed by atoms with Gasteiger partial charge in [-0.3, -0.25) is 4.79 Å². The second kappa shape index (κ2) is 10.0. The van der Waals surface area contributed by atoms with Crippen molar-refractivity contribution in [1.29, 1.82) is 0 Å². The molecule has 0 spiro atoms. The van der Waals surface area contributed by atoms with Crippen LogP contribution in [0.1, 0.15) is 51.5 Å². The fourth-order valence-corrected chi connectivity index (χ4v) is 1.82. The highest BCUT2D eigenvalue weighted by atomic mass is 16.5. The van der Waals surface area contributed by atoms with Crippen LogP contribution in [0.15, 0.2) is 29.4 Å². The number of ether oxygens (including phenoxy) is 1. The lowest BCUT2D eigenvalue weighted by atomic mass is 10.1. The van der Waals surface area contributed by atoms with Crippen LogP contribution in [0.5, 0.6) is 5.75 Å². The van der Waals surface area contributed by atoms with E-state index in [2.05, 4.69) is 17.5 Å². The molecule has 0 aliphatic heterocycles. The lowest BCUT2D eigenvalue weighted by Gasteiger charge is -2.05. The van der Waals surface area contributed by atoms with Crippen LogP contribution in [0.25, 0.3) is 0 Å². The molecule has 1 N–H and O–H groups in total. The Morgan fingerprint density at radius 3 is 2.80 bits per heavy atom. The van der Waals surface area contributed by atoms with Gasteiger partial charge in [0.1, 0.15) is 5.75 Å². The van der Waals surface area contributed by atoms with E-state index in [4.69, 9.17) is 4.74 Å². The molecule has 0 fully saturated rings. The summed E-state index contributed by atoms with van der Waals surface area (Å²) in [7, 11) is 0. The quantitative estimate of drug-likeness (QED) is 0.426. The standard InChI is InChI=1S/C16H24N2O2/c1-3-5-6-7-12-16(19)18-17-13-14-10-8-9-11-15(14)20-4-2/h8-11,13H,3-7,12H2,1-2H3,(H,18,19). The topological polar surface area (TPSA) is 50.7 Å². The van der Waals surface area contributed by atoms with E-state index in [0.717, 1.165) is 24.2 Å². The second-order valence-electron chi connectivity index (χ2n) is 4.57. The van der Waals surface area contributed by atoms with E-state index in [0.29, 0.717) is 13.0 Å². The summed E-state index contributed by atoms with van der Waals surface area (Å²) in [5.74, 6) is 0.738. The first kappa shape index (κ1) is 16.2. The zero-order valence-electron chi connectivity index (χ0n) is 12.4. The molecule has 0 radical (unpaired) electrons. The Hall–Kier alpha value is -1.84. The SMILES string of the molecule is CCCCCCC(=O)NN=Cc1ccccc1OCC. The van der Waals surface area contributed by atoms with Crippen molar-refractivity contribution in [3.05, 3.63) is 29.8 Å². The van der Waals surface area contributed by atoms with Crippen molar-refractivity contribution in [3.63, 3.8) is 0 Å². The van der Waals surface area contributed by atoms with Crippen molar-refractivity contribution in [1.82, 2.24) is 5.43 Å². The molecule has 110 valence electrons. The molecule has 0 aliphatic carbocycles. The minimum Gasteiger partial charge on any atom is -0.493 e. The molecule has 0 saturated carbocycles. The number of benzene rings is 1. The number of hydrogen-bond acceptors (Lipinski definition) is 3. The molecule has 1 aromatic carbocycles. The lowest BCUT2D eigenvalue weighted by molar-refractivity contribution is -0.121. The molecule has 0 bridgehead atoms. The van der Waals surface area contributed by atoms with Gasteiger partial charge in [-0.05, 0) is 25.5 Å². The van der Waals surface area contributed by atoms with Crippen LogP contribution < -0.4 is 10.2 Å². The zero-order valence-corrected chi connectivity index (χ0v) is 12.4. The van der Waals surface area contributed by atoms with Crippen molar-refractivity contribution in [2.24, 2.45) is 5.10 Å². The molecule has 0 saturated heterocycles. The number of rotatable bonds is 9. The summed E-state index contributed by atoms with van der Waals surface area (Å²) in [5.41, 5.74) is 3.41. The normalized spacial score (nSPS) is 10.7. The molecule has 4 nitrogen and oxygen atoms in total. The maximum atomic E-state index is 11.6. The van der Waals surface area contributed by atoms with E-state index in [1.54, 1.807) is 6.21 Å². The summed E-state index contributed by atoms with van der Waals surface area (Å²) in [4.78, 5) is 11.6. The third kappa shape index (κ3) is 6.36. The van der Waals surface area contributed by atoms with Gasteiger partial charge in [-0.15, -0.1) is 0 Å². The first-order valence-corrected chi connectivity index (χ1v) is 7.31. The number of hydrogen-bond donors (Lipinski definition) is 1. The van der Waals surface area contributed by atoms with Crippen molar-refractivity contribution in [2.75, 3.05) is 6.61 Å². The Morgan fingerprint density at radius 1 is 1.25 bits per heavy atom. The van der Waals surface area contributed by atoms with Crippen LogP contribution in [0.2, 0.25) is 0 Å². The van der Waals surface area contributed by atoms with Gasteiger partial charge < -0.3 is 4.74 Å². The van der Waals surface area contributed by atoms with E-state index in [1.165, 1.54) is 12.8 Å². The molecule has 0 aliphatic rings. The number of nitrogens with one attached hydrogen (secondary N) is 1. The zero-order chi connectivity index (χ0) is 14.6. The largest absolute Gasteiger partial charge is 0.493 e. The molecule has 1 amide bonds. The molecule has 0 aromatic heterocycles. The van der Waals surface area contributed by atoms with Gasteiger partial charge in [-0.1, -0.05) is 38.3 Å². The van der Waals surface area contributed by atoms with E-state index in [1.807, 2.05) is 31.2 Å². The highest BCUT2D eigenvalue weighted by Crippen LogP contribution is 2.15. The van der Waals surface area contributed by atoms with E-state index >= 15 is 0 Å². The van der Waals surface area contributed by atoms with E-state index in [-0.39, 0.29) is 5.91 Å². The lowest BCUT2D eigenvalue weighted by Crippen LogP contribution is -2.17. The number of para-hydroxylation sites is 1. The molecule has 20 heavy (non-hydrogen) atoms. The smallest absolute Gasteiger partial charge is 0.240 e. The average Bonchev–Trinajstić information content (AvgIpc) is 2.46. The van der Waals surface area contributed by atoms with Gasteiger partial charge in [0.15, 0.2) is 0 Å². The molecular weight excluding hydrogens is 252 g/mol. The van der Waals surface area contributed by atoms with Gasteiger partial charge in [0.2, 0.25) is 5.91 Å². The van der Waals surface area contributed by atoms with Crippen LogP contribution in [-0.2, 0) is 4.79 Å². The Balaban J connectivity index is 2.38. The number of amides is 1. The Kier molecular flexibility index (Phi) is 8.11.